The van der Waals surface area contributed by atoms with Gasteiger partial charge in [0.25, 0.3) is 5.91 Å². The van der Waals surface area contributed by atoms with E-state index >= 15 is 0 Å². The molecule has 0 saturated carbocycles. The van der Waals surface area contributed by atoms with Gasteiger partial charge < -0.3 is 9.84 Å². The number of nitrogens with zero attached hydrogens (tertiary/aromatic N) is 2. The first-order valence-corrected chi connectivity index (χ1v) is 8.80. The molecule has 0 atom stereocenters. The second-order valence-electron chi connectivity index (χ2n) is 5.39. The number of benzene rings is 2. The van der Waals surface area contributed by atoms with E-state index in [-0.39, 0.29) is 22.4 Å². The molecule has 0 aromatic heterocycles. The topological polar surface area (TPSA) is 62.1 Å². The summed E-state index contributed by atoms with van der Waals surface area (Å²) in [6.07, 6.45) is 1.68. The molecule has 1 N–H and O–H groups in total. The number of hydrogen-bond acceptors (Lipinski definition) is 4. The first-order valence-electron chi connectivity index (χ1n) is 7.34. The monoisotopic (exact) mass is 468 g/mol. The van der Waals surface area contributed by atoms with Gasteiger partial charge >= 0.3 is 0 Å². The molecule has 3 rings (SSSR count). The summed E-state index contributed by atoms with van der Waals surface area (Å²) < 4.78 is 6.18. The fourth-order valence-electron chi connectivity index (χ4n) is 2.44. The van der Waals surface area contributed by atoms with E-state index in [0.717, 1.165) is 3.57 Å². The SMILES string of the molecule is COc1cc(/C=C2/C(=O)N(c3ccc(I)cc3)N=C2C)cc(Cl)c1O. The predicted molar refractivity (Wildman–Crippen MR) is 107 cm³/mol. The molecule has 0 aliphatic carbocycles. The van der Waals surface area contributed by atoms with Crippen LogP contribution >= 0.6 is 34.2 Å². The predicted octanol–water partition coefficient (Wildman–Crippen LogP) is 4.46. The van der Waals surface area contributed by atoms with Gasteiger partial charge in [0.15, 0.2) is 11.5 Å². The molecule has 2 aromatic carbocycles. The minimum Gasteiger partial charge on any atom is -0.503 e. The number of aromatic hydroxyl groups is 1. The third-order valence-electron chi connectivity index (χ3n) is 3.72. The Balaban J connectivity index is 1.97. The molecule has 128 valence electrons. The molecule has 0 unspecified atom stereocenters. The van der Waals surface area contributed by atoms with Crippen molar-refractivity contribution in [2.45, 2.75) is 6.92 Å². The number of phenolic OH excluding ortho intramolecular Hbond substituents is 1. The lowest BCUT2D eigenvalue weighted by Gasteiger charge is -2.11. The number of methoxy groups -OCH3 is 1. The largest absolute Gasteiger partial charge is 0.503 e. The maximum Gasteiger partial charge on any atom is 0.280 e. The van der Waals surface area contributed by atoms with Crippen molar-refractivity contribution in [3.8, 4) is 11.5 Å². The van der Waals surface area contributed by atoms with Crippen molar-refractivity contribution >= 4 is 57.6 Å². The molecule has 0 spiro atoms. The standard InChI is InChI=1S/C18H14ClIN2O3/c1-10-14(7-11-8-15(19)17(23)16(9-11)25-2)18(24)22(21-10)13-5-3-12(20)4-6-13/h3-9,23H,1-2H3/b14-7+. The molecule has 1 aliphatic rings. The highest BCUT2D eigenvalue weighted by Crippen LogP contribution is 2.36. The number of anilines is 1. The molecule has 1 amide bonds. The van der Waals surface area contributed by atoms with Crippen molar-refractivity contribution in [3.05, 3.63) is 56.1 Å². The van der Waals surface area contributed by atoms with Crippen LogP contribution in [0.15, 0.2) is 47.1 Å². The van der Waals surface area contributed by atoms with Crippen molar-refractivity contribution in [1.82, 2.24) is 0 Å². The number of rotatable bonds is 3. The number of carbonyl (C=O) groups is 1. The molecule has 5 nitrogen and oxygen atoms in total. The Labute approximate surface area is 163 Å². The second kappa shape index (κ2) is 7.05. The summed E-state index contributed by atoms with van der Waals surface area (Å²) in [7, 11) is 1.44. The van der Waals surface area contributed by atoms with Gasteiger partial charge in [-0.25, -0.2) is 0 Å². The average molecular weight is 469 g/mol. The van der Waals surface area contributed by atoms with Crippen LogP contribution in [0.1, 0.15) is 12.5 Å². The zero-order valence-electron chi connectivity index (χ0n) is 13.5. The Kier molecular flexibility index (Phi) is 5.01. The summed E-state index contributed by atoms with van der Waals surface area (Å²) in [4.78, 5) is 12.7. The van der Waals surface area contributed by atoms with Gasteiger partial charge in [-0.05, 0) is 77.6 Å². The van der Waals surface area contributed by atoms with Crippen molar-refractivity contribution < 1.29 is 14.6 Å². The molecule has 0 bridgehead atoms. The molecule has 0 radical (unpaired) electrons. The maximum atomic E-state index is 12.7. The summed E-state index contributed by atoms with van der Waals surface area (Å²) in [5.41, 5.74) is 2.41. The number of carbonyl (C=O) groups excluding carboxylic acids is 1. The van der Waals surface area contributed by atoms with E-state index < -0.39 is 0 Å². The first-order chi connectivity index (χ1) is 11.9. The molecule has 25 heavy (non-hydrogen) atoms. The van der Waals surface area contributed by atoms with Crippen molar-refractivity contribution in [3.63, 3.8) is 0 Å². The van der Waals surface area contributed by atoms with Gasteiger partial charge in [-0.3, -0.25) is 4.79 Å². The van der Waals surface area contributed by atoms with E-state index in [1.54, 1.807) is 25.1 Å². The fraction of sp³-hybridized carbons (Fsp3) is 0.111. The number of ether oxygens (including phenoxy) is 1. The lowest BCUT2D eigenvalue weighted by molar-refractivity contribution is -0.114. The summed E-state index contributed by atoms with van der Waals surface area (Å²) in [5.74, 6) is -0.106. The quantitative estimate of drug-likeness (QED) is 0.534. The van der Waals surface area contributed by atoms with Crippen LogP contribution in [0, 0.1) is 3.57 Å². The molecule has 2 aromatic rings. The Morgan fingerprint density at radius 1 is 1.28 bits per heavy atom. The molecule has 0 fully saturated rings. The van der Waals surface area contributed by atoms with Crippen LogP contribution in [0.25, 0.3) is 6.08 Å². The summed E-state index contributed by atoms with van der Waals surface area (Å²) >= 11 is 8.21. The number of hydrogen-bond donors (Lipinski definition) is 1. The lowest BCUT2D eigenvalue weighted by atomic mass is 10.1. The Morgan fingerprint density at radius 2 is 1.96 bits per heavy atom. The normalized spacial score (nSPS) is 15.7. The number of phenols is 1. The zero-order valence-corrected chi connectivity index (χ0v) is 16.4. The summed E-state index contributed by atoms with van der Waals surface area (Å²) in [6.45, 7) is 1.77. The van der Waals surface area contributed by atoms with Crippen molar-refractivity contribution in [1.29, 1.82) is 0 Å². The van der Waals surface area contributed by atoms with Crippen LogP contribution in [0.2, 0.25) is 5.02 Å². The smallest absolute Gasteiger partial charge is 0.280 e. The fourth-order valence-corrected chi connectivity index (χ4v) is 3.02. The molecule has 1 aliphatic heterocycles. The van der Waals surface area contributed by atoms with Crippen molar-refractivity contribution in [2.24, 2.45) is 5.10 Å². The van der Waals surface area contributed by atoms with Crippen LogP contribution in [0.4, 0.5) is 5.69 Å². The number of hydrazone groups is 1. The Morgan fingerprint density at radius 3 is 2.60 bits per heavy atom. The Hall–Kier alpha value is -2.06. The lowest BCUT2D eigenvalue weighted by Crippen LogP contribution is -2.21. The van der Waals surface area contributed by atoms with Gasteiger partial charge in [0, 0.05) is 3.57 Å². The van der Waals surface area contributed by atoms with Crippen LogP contribution in [0.5, 0.6) is 11.5 Å². The van der Waals surface area contributed by atoms with E-state index in [4.69, 9.17) is 16.3 Å². The maximum absolute atomic E-state index is 12.7. The minimum absolute atomic E-state index is 0.130. The van der Waals surface area contributed by atoms with Crippen LogP contribution < -0.4 is 9.75 Å². The van der Waals surface area contributed by atoms with E-state index in [9.17, 15) is 9.90 Å². The molecular weight excluding hydrogens is 455 g/mol. The average Bonchev–Trinajstić information content (AvgIpc) is 2.86. The van der Waals surface area contributed by atoms with E-state index in [2.05, 4.69) is 27.7 Å². The van der Waals surface area contributed by atoms with Gasteiger partial charge in [0.2, 0.25) is 0 Å². The minimum atomic E-state index is -0.220. The highest BCUT2D eigenvalue weighted by Gasteiger charge is 2.28. The van der Waals surface area contributed by atoms with E-state index in [1.165, 1.54) is 12.1 Å². The zero-order chi connectivity index (χ0) is 18.1. The Bertz CT molecular complexity index is 907. The third kappa shape index (κ3) is 3.50. The van der Waals surface area contributed by atoms with Crippen LogP contribution in [0.3, 0.4) is 0 Å². The van der Waals surface area contributed by atoms with Gasteiger partial charge in [0.1, 0.15) is 0 Å². The van der Waals surface area contributed by atoms with Gasteiger partial charge in [0.05, 0.1) is 29.1 Å². The number of halogens is 2. The number of amides is 1. The summed E-state index contributed by atoms with van der Waals surface area (Å²) in [6, 6.07) is 10.7. The molecular formula is C18H14ClIN2O3. The second-order valence-corrected chi connectivity index (χ2v) is 7.04. The van der Waals surface area contributed by atoms with Crippen LogP contribution in [-0.4, -0.2) is 23.8 Å². The molecule has 1 heterocycles. The van der Waals surface area contributed by atoms with Crippen molar-refractivity contribution in [2.75, 3.05) is 12.1 Å². The van der Waals surface area contributed by atoms with Gasteiger partial charge in [-0.15, -0.1) is 0 Å². The summed E-state index contributed by atoms with van der Waals surface area (Å²) in [5, 5.41) is 15.7. The highest BCUT2D eigenvalue weighted by atomic mass is 127. The van der Waals surface area contributed by atoms with Gasteiger partial charge in [-0.1, -0.05) is 11.6 Å². The van der Waals surface area contributed by atoms with Crippen LogP contribution in [-0.2, 0) is 4.79 Å². The highest BCUT2D eigenvalue weighted by molar-refractivity contribution is 14.1. The third-order valence-corrected chi connectivity index (χ3v) is 4.72. The van der Waals surface area contributed by atoms with E-state index in [1.807, 2.05) is 24.3 Å². The van der Waals surface area contributed by atoms with E-state index in [0.29, 0.717) is 22.5 Å². The molecule has 7 heteroatoms. The van der Waals surface area contributed by atoms with Gasteiger partial charge in [-0.2, -0.15) is 10.1 Å². The molecule has 0 saturated heterocycles. The first kappa shape index (κ1) is 17.8.